The van der Waals surface area contributed by atoms with Gasteiger partial charge in [-0.25, -0.2) is 4.39 Å². The fourth-order valence-electron chi connectivity index (χ4n) is 4.65. The third kappa shape index (κ3) is 6.30. The zero-order valence-corrected chi connectivity index (χ0v) is 19.3. The van der Waals surface area contributed by atoms with Crippen LogP contribution in [0.5, 0.6) is 0 Å². The monoisotopic (exact) mass is 445 g/mol. The van der Waals surface area contributed by atoms with Gasteiger partial charge in [0.2, 0.25) is 17.7 Å². The number of nitrogens with zero attached hydrogens (tertiary/aromatic N) is 2. The number of piperazine rings is 1. The maximum atomic E-state index is 13.3. The van der Waals surface area contributed by atoms with Crippen LogP contribution in [0.15, 0.2) is 24.3 Å². The molecule has 1 N–H and O–H groups in total. The molecule has 176 valence electrons. The molecule has 2 fully saturated rings. The molecule has 2 unspecified atom stereocenters. The number of carbonyl (C=O) groups excluding carboxylic acids is 3. The normalized spacial score (nSPS) is 19.3. The summed E-state index contributed by atoms with van der Waals surface area (Å²) in [5.41, 5.74) is 0.703. The Morgan fingerprint density at radius 2 is 1.59 bits per heavy atom. The Labute approximate surface area is 190 Å². The summed E-state index contributed by atoms with van der Waals surface area (Å²) in [5, 5.41) is 2.91. The Morgan fingerprint density at radius 3 is 2.19 bits per heavy atom. The highest BCUT2D eigenvalue weighted by Gasteiger charge is 2.34. The Hall–Kier alpha value is -2.44. The first kappa shape index (κ1) is 24.2. The van der Waals surface area contributed by atoms with Gasteiger partial charge >= 0.3 is 0 Å². The van der Waals surface area contributed by atoms with Crippen LogP contribution in [0.3, 0.4) is 0 Å². The van der Waals surface area contributed by atoms with Crippen LogP contribution >= 0.6 is 0 Å². The minimum Gasteiger partial charge on any atom is -0.344 e. The molecule has 2 aliphatic rings. The van der Waals surface area contributed by atoms with Crippen LogP contribution in [-0.2, 0) is 20.8 Å². The zero-order valence-electron chi connectivity index (χ0n) is 19.3. The molecule has 0 radical (unpaired) electrons. The van der Waals surface area contributed by atoms with Gasteiger partial charge in [-0.2, -0.15) is 0 Å². The Balaban J connectivity index is 1.55. The average Bonchev–Trinajstić information content (AvgIpc) is 2.83. The molecule has 1 aromatic carbocycles. The second-order valence-corrected chi connectivity index (χ2v) is 9.22. The van der Waals surface area contributed by atoms with Gasteiger partial charge in [-0.1, -0.05) is 51.7 Å². The minimum atomic E-state index is -0.603. The molecule has 1 heterocycles. The highest BCUT2D eigenvalue weighted by molar-refractivity contribution is 5.89. The van der Waals surface area contributed by atoms with Gasteiger partial charge < -0.3 is 15.1 Å². The largest absolute Gasteiger partial charge is 0.344 e. The number of nitrogens with one attached hydrogen (secondary N) is 1. The van der Waals surface area contributed by atoms with E-state index < -0.39 is 6.04 Å². The number of amides is 3. The zero-order chi connectivity index (χ0) is 23.1. The maximum absolute atomic E-state index is 13.3. The van der Waals surface area contributed by atoms with Crippen molar-refractivity contribution < 1.29 is 18.8 Å². The molecule has 1 aliphatic carbocycles. The van der Waals surface area contributed by atoms with E-state index in [4.69, 9.17) is 0 Å². The summed E-state index contributed by atoms with van der Waals surface area (Å²) in [6, 6.07) is 5.21. The van der Waals surface area contributed by atoms with Gasteiger partial charge in [-0.05, 0) is 36.5 Å². The first-order valence-corrected chi connectivity index (χ1v) is 12.0. The minimum absolute atomic E-state index is 0.0124. The van der Waals surface area contributed by atoms with Gasteiger partial charge in [0, 0.05) is 32.1 Å². The molecule has 1 saturated heterocycles. The summed E-state index contributed by atoms with van der Waals surface area (Å²) in [5.74, 6) is -0.310. The maximum Gasteiger partial charge on any atom is 0.245 e. The quantitative estimate of drug-likeness (QED) is 0.701. The number of halogens is 1. The van der Waals surface area contributed by atoms with Crippen molar-refractivity contribution in [2.75, 3.05) is 26.2 Å². The van der Waals surface area contributed by atoms with Crippen LogP contribution in [0.2, 0.25) is 0 Å². The predicted molar refractivity (Wildman–Crippen MR) is 121 cm³/mol. The van der Waals surface area contributed by atoms with Crippen LogP contribution in [-0.4, -0.2) is 59.7 Å². The molecule has 1 aliphatic heterocycles. The van der Waals surface area contributed by atoms with E-state index >= 15 is 0 Å². The fourth-order valence-corrected chi connectivity index (χ4v) is 4.65. The standard InChI is InChI=1S/C25H36FN3O3/c1-3-18(2)23(27-22(30)17-19-9-11-21(26)12-10-19)25(32)29-15-13-28(14-16-29)24(31)20-7-5-4-6-8-20/h9-12,18,20,23H,3-8,13-17H2,1-2H3,(H,27,30). The summed E-state index contributed by atoms with van der Waals surface area (Å²) < 4.78 is 13.1. The molecule has 0 spiro atoms. The van der Waals surface area contributed by atoms with Crippen LogP contribution < -0.4 is 5.32 Å². The molecular formula is C25H36FN3O3. The molecule has 1 saturated carbocycles. The van der Waals surface area contributed by atoms with E-state index in [9.17, 15) is 18.8 Å². The van der Waals surface area contributed by atoms with E-state index in [0.717, 1.165) is 32.1 Å². The number of carbonyl (C=O) groups is 3. The van der Waals surface area contributed by atoms with E-state index in [1.807, 2.05) is 18.7 Å². The van der Waals surface area contributed by atoms with Crippen molar-refractivity contribution in [1.82, 2.24) is 15.1 Å². The van der Waals surface area contributed by atoms with E-state index in [0.29, 0.717) is 31.7 Å². The van der Waals surface area contributed by atoms with Gasteiger partial charge in [0.15, 0.2) is 0 Å². The summed E-state index contributed by atoms with van der Waals surface area (Å²) >= 11 is 0. The van der Waals surface area contributed by atoms with Crippen molar-refractivity contribution in [3.8, 4) is 0 Å². The fraction of sp³-hybridized carbons (Fsp3) is 0.640. The highest BCUT2D eigenvalue weighted by atomic mass is 19.1. The Kier molecular flexibility index (Phi) is 8.65. The summed E-state index contributed by atoms with van der Waals surface area (Å²) in [6.07, 6.45) is 6.29. The van der Waals surface area contributed by atoms with Gasteiger partial charge in [0.05, 0.1) is 6.42 Å². The van der Waals surface area contributed by atoms with Crippen molar-refractivity contribution >= 4 is 17.7 Å². The summed E-state index contributed by atoms with van der Waals surface area (Å²) in [4.78, 5) is 42.4. The molecule has 6 nitrogen and oxygen atoms in total. The van der Waals surface area contributed by atoms with Gasteiger partial charge in [-0.15, -0.1) is 0 Å². The molecule has 3 rings (SSSR count). The number of benzene rings is 1. The van der Waals surface area contributed by atoms with Gasteiger partial charge in [0.1, 0.15) is 11.9 Å². The molecule has 7 heteroatoms. The smallest absolute Gasteiger partial charge is 0.245 e. The SMILES string of the molecule is CCC(C)C(NC(=O)Cc1ccc(F)cc1)C(=O)N1CCN(C(=O)C2CCCCC2)CC1. The second-order valence-electron chi connectivity index (χ2n) is 9.22. The molecule has 0 bridgehead atoms. The van der Waals surface area contributed by atoms with Crippen molar-refractivity contribution in [2.24, 2.45) is 11.8 Å². The molecule has 0 aromatic heterocycles. The van der Waals surface area contributed by atoms with Crippen LogP contribution in [0.25, 0.3) is 0 Å². The van der Waals surface area contributed by atoms with Crippen molar-refractivity contribution in [3.63, 3.8) is 0 Å². The Bertz CT molecular complexity index is 784. The molecular weight excluding hydrogens is 409 g/mol. The predicted octanol–water partition coefficient (Wildman–Crippen LogP) is 3.15. The molecule has 1 aromatic rings. The third-order valence-corrected chi connectivity index (χ3v) is 6.93. The van der Waals surface area contributed by atoms with Gasteiger partial charge in [0.25, 0.3) is 0 Å². The van der Waals surface area contributed by atoms with Crippen LogP contribution in [0.1, 0.15) is 57.9 Å². The number of rotatable bonds is 7. The lowest BCUT2D eigenvalue weighted by molar-refractivity contribution is -0.145. The highest BCUT2D eigenvalue weighted by Crippen LogP contribution is 2.26. The lowest BCUT2D eigenvalue weighted by atomic mass is 9.88. The third-order valence-electron chi connectivity index (χ3n) is 6.93. The molecule has 32 heavy (non-hydrogen) atoms. The van der Waals surface area contributed by atoms with E-state index in [-0.39, 0.29) is 41.8 Å². The van der Waals surface area contributed by atoms with E-state index in [1.54, 1.807) is 17.0 Å². The van der Waals surface area contributed by atoms with Crippen LogP contribution in [0.4, 0.5) is 4.39 Å². The molecule has 2 atom stereocenters. The Morgan fingerprint density at radius 1 is 1.00 bits per heavy atom. The van der Waals surface area contributed by atoms with E-state index in [1.165, 1.54) is 18.6 Å². The lowest BCUT2D eigenvalue weighted by Gasteiger charge is -2.39. The van der Waals surface area contributed by atoms with Crippen LogP contribution in [0, 0.1) is 17.7 Å². The van der Waals surface area contributed by atoms with Gasteiger partial charge in [-0.3, -0.25) is 14.4 Å². The molecule has 3 amide bonds. The van der Waals surface area contributed by atoms with Crippen molar-refractivity contribution in [2.45, 2.75) is 64.8 Å². The van der Waals surface area contributed by atoms with Crippen molar-refractivity contribution in [3.05, 3.63) is 35.6 Å². The van der Waals surface area contributed by atoms with Crippen molar-refractivity contribution in [1.29, 1.82) is 0 Å². The summed E-state index contributed by atoms with van der Waals surface area (Å²) in [6.45, 7) is 6.06. The first-order chi connectivity index (χ1) is 15.4. The summed E-state index contributed by atoms with van der Waals surface area (Å²) in [7, 11) is 0. The second kappa shape index (κ2) is 11.4. The number of hydrogen-bond acceptors (Lipinski definition) is 3. The lowest BCUT2D eigenvalue weighted by Crippen LogP contribution is -2.58. The topological polar surface area (TPSA) is 69.7 Å². The number of hydrogen-bond donors (Lipinski definition) is 1. The first-order valence-electron chi connectivity index (χ1n) is 12.0. The van der Waals surface area contributed by atoms with E-state index in [2.05, 4.69) is 5.32 Å². The average molecular weight is 446 g/mol.